The minimum Gasteiger partial charge on any atom is -0.381 e. The van der Waals surface area contributed by atoms with Gasteiger partial charge in [0.15, 0.2) is 5.78 Å². The zero-order valence-electron chi connectivity index (χ0n) is 9.69. The van der Waals surface area contributed by atoms with E-state index in [2.05, 4.69) is 12.0 Å². The van der Waals surface area contributed by atoms with E-state index in [1.165, 1.54) is 0 Å². The number of hydrogen-bond donors (Lipinski definition) is 0. The summed E-state index contributed by atoms with van der Waals surface area (Å²) in [5, 5.41) is 4.17. The lowest BCUT2D eigenvalue weighted by molar-refractivity contribution is 0.0952. The summed E-state index contributed by atoms with van der Waals surface area (Å²) in [5.74, 6) is 0.597. The van der Waals surface area contributed by atoms with Gasteiger partial charge in [-0.25, -0.2) is 0 Å². The molecule has 0 amide bonds. The Morgan fingerprint density at radius 1 is 1.69 bits per heavy atom. The number of ketones is 1. The molecule has 4 heteroatoms. The summed E-state index contributed by atoms with van der Waals surface area (Å²) >= 11 is 0. The van der Waals surface area contributed by atoms with Crippen molar-refractivity contribution >= 4 is 5.78 Å². The summed E-state index contributed by atoms with van der Waals surface area (Å²) in [6, 6.07) is 0. The Hall–Kier alpha value is -1.16. The van der Waals surface area contributed by atoms with Crippen LogP contribution in [0.5, 0.6) is 0 Å². The highest BCUT2D eigenvalue weighted by atomic mass is 16.5. The van der Waals surface area contributed by atoms with Gasteiger partial charge in [-0.15, -0.1) is 0 Å². The Kier molecular flexibility index (Phi) is 3.72. The molecule has 4 nitrogen and oxygen atoms in total. The number of ether oxygens (including phenoxy) is 1. The number of Topliss-reactive ketones (excluding diaryl/α,β-unsaturated/α-hetero) is 1. The van der Waals surface area contributed by atoms with Crippen molar-refractivity contribution in [3.8, 4) is 0 Å². The third kappa shape index (κ3) is 2.70. The largest absolute Gasteiger partial charge is 0.381 e. The molecule has 1 aliphatic heterocycles. The number of nitrogens with zero attached hydrogens (tertiary/aromatic N) is 2. The molecule has 1 saturated heterocycles. The Morgan fingerprint density at radius 2 is 2.56 bits per heavy atom. The van der Waals surface area contributed by atoms with E-state index in [0.717, 1.165) is 38.2 Å². The maximum absolute atomic E-state index is 11.9. The van der Waals surface area contributed by atoms with Crippen LogP contribution in [0.25, 0.3) is 0 Å². The van der Waals surface area contributed by atoms with Crippen LogP contribution in [0.15, 0.2) is 12.4 Å². The van der Waals surface area contributed by atoms with Gasteiger partial charge in [0.05, 0.1) is 11.8 Å². The molecule has 1 atom stereocenters. The maximum Gasteiger partial charge on any atom is 0.166 e. The molecule has 0 aromatic carbocycles. The molecule has 1 unspecified atom stereocenters. The summed E-state index contributed by atoms with van der Waals surface area (Å²) in [6.07, 6.45) is 6.16. The van der Waals surface area contributed by atoms with Crippen molar-refractivity contribution in [1.82, 2.24) is 9.78 Å². The van der Waals surface area contributed by atoms with Crippen molar-refractivity contribution < 1.29 is 9.53 Å². The Bertz CT molecular complexity index is 354. The van der Waals surface area contributed by atoms with E-state index >= 15 is 0 Å². The van der Waals surface area contributed by atoms with Gasteiger partial charge in [-0.1, -0.05) is 6.92 Å². The van der Waals surface area contributed by atoms with Crippen molar-refractivity contribution in [2.75, 3.05) is 13.2 Å². The highest BCUT2D eigenvalue weighted by Gasteiger charge is 2.20. The fourth-order valence-corrected chi connectivity index (χ4v) is 1.98. The molecule has 2 rings (SSSR count). The molecule has 1 fully saturated rings. The number of aryl methyl sites for hydroxylation is 1. The molecule has 0 radical (unpaired) electrons. The zero-order chi connectivity index (χ0) is 11.4. The Labute approximate surface area is 95.6 Å². The van der Waals surface area contributed by atoms with Crippen LogP contribution in [0.4, 0.5) is 0 Å². The minimum atomic E-state index is 0.192. The van der Waals surface area contributed by atoms with Gasteiger partial charge < -0.3 is 4.74 Å². The summed E-state index contributed by atoms with van der Waals surface area (Å²) in [5.41, 5.74) is 0.736. The van der Waals surface area contributed by atoms with Crippen LogP contribution in [0.3, 0.4) is 0 Å². The average molecular weight is 222 g/mol. The van der Waals surface area contributed by atoms with Crippen LogP contribution in [0.2, 0.25) is 0 Å². The van der Waals surface area contributed by atoms with Gasteiger partial charge in [0, 0.05) is 32.4 Å². The van der Waals surface area contributed by atoms with Gasteiger partial charge >= 0.3 is 0 Å². The third-order valence-corrected chi connectivity index (χ3v) is 2.91. The van der Waals surface area contributed by atoms with Crippen LogP contribution in [-0.2, 0) is 11.3 Å². The summed E-state index contributed by atoms with van der Waals surface area (Å²) in [4.78, 5) is 11.9. The van der Waals surface area contributed by atoms with E-state index in [-0.39, 0.29) is 5.78 Å². The fourth-order valence-electron chi connectivity index (χ4n) is 1.98. The second kappa shape index (κ2) is 5.25. The Balaban J connectivity index is 1.91. The lowest BCUT2D eigenvalue weighted by atomic mass is 9.99. The first-order chi connectivity index (χ1) is 7.79. The molecular formula is C12H18N2O2. The molecule has 2 heterocycles. The standard InChI is InChI=1S/C12H18N2O2/c1-2-4-14-8-11(7-13-14)12(15)6-10-3-5-16-9-10/h7-8,10H,2-6,9H2,1H3. The molecular weight excluding hydrogens is 204 g/mol. The number of rotatable bonds is 5. The van der Waals surface area contributed by atoms with E-state index in [9.17, 15) is 4.79 Å². The second-order valence-corrected chi connectivity index (χ2v) is 4.35. The number of aromatic nitrogens is 2. The van der Waals surface area contributed by atoms with Gasteiger partial charge in [0.1, 0.15) is 0 Å². The highest BCUT2D eigenvalue weighted by molar-refractivity contribution is 5.95. The first-order valence-corrected chi connectivity index (χ1v) is 5.93. The SMILES string of the molecule is CCCn1cc(C(=O)CC2CCOC2)cn1. The zero-order valence-corrected chi connectivity index (χ0v) is 9.69. The Morgan fingerprint density at radius 3 is 3.25 bits per heavy atom. The molecule has 88 valence electrons. The first kappa shape index (κ1) is 11.3. The quantitative estimate of drug-likeness (QED) is 0.715. The lowest BCUT2D eigenvalue weighted by Crippen LogP contribution is -2.08. The van der Waals surface area contributed by atoms with Crippen molar-refractivity contribution in [3.05, 3.63) is 18.0 Å². The molecule has 0 N–H and O–H groups in total. The summed E-state index contributed by atoms with van der Waals surface area (Å²) in [7, 11) is 0. The molecule has 1 aliphatic rings. The van der Waals surface area contributed by atoms with Gasteiger partial charge in [0.2, 0.25) is 0 Å². The molecule has 16 heavy (non-hydrogen) atoms. The van der Waals surface area contributed by atoms with Gasteiger partial charge in [0.25, 0.3) is 0 Å². The van der Waals surface area contributed by atoms with Crippen LogP contribution in [0, 0.1) is 5.92 Å². The van der Waals surface area contributed by atoms with Gasteiger partial charge in [-0.05, 0) is 18.8 Å². The average Bonchev–Trinajstić information content (AvgIpc) is 2.89. The van der Waals surface area contributed by atoms with Crippen LogP contribution < -0.4 is 0 Å². The molecule has 0 spiro atoms. The summed E-state index contributed by atoms with van der Waals surface area (Å²) in [6.45, 7) is 4.50. The van der Waals surface area contributed by atoms with Gasteiger partial charge in [-0.2, -0.15) is 5.10 Å². The van der Waals surface area contributed by atoms with E-state index < -0.39 is 0 Å². The van der Waals surface area contributed by atoms with E-state index in [1.54, 1.807) is 6.20 Å². The molecule has 0 aliphatic carbocycles. The number of carbonyl (C=O) groups excluding carboxylic acids is 1. The minimum absolute atomic E-state index is 0.192. The monoisotopic (exact) mass is 222 g/mol. The van der Waals surface area contributed by atoms with Crippen LogP contribution >= 0.6 is 0 Å². The first-order valence-electron chi connectivity index (χ1n) is 5.93. The second-order valence-electron chi connectivity index (χ2n) is 4.35. The smallest absolute Gasteiger partial charge is 0.166 e. The number of carbonyl (C=O) groups is 1. The van der Waals surface area contributed by atoms with Gasteiger partial charge in [-0.3, -0.25) is 9.48 Å². The topological polar surface area (TPSA) is 44.1 Å². The normalized spacial score (nSPS) is 20.2. The molecule has 1 aromatic rings. The van der Waals surface area contributed by atoms with Crippen molar-refractivity contribution in [3.63, 3.8) is 0 Å². The molecule has 1 aromatic heterocycles. The van der Waals surface area contributed by atoms with E-state index in [0.29, 0.717) is 12.3 Å². The summed E-state index contributed by atoms with van der Waals surface area (Å²) < 4.78 is 7.10. The van der Waals surface area contributed by atoms with Crippen molar-refractivity contribution in [2.24, 2.45) is 5.92 Å². The highest BCUT2D eigenvalue weighted by Crippen LogP contribution is 2.18. The van der Waals surface area contributed by atoms with Crippen molar-refractivity contribution in [1.29, 1.82) is 0 Å². The number of hydrogen-bond acceptors (Lipinski definition) is 3. The van der Waals surface area contributed by atoms with Crippen molar-refractivity contribution in [2.45, 2.75) is 32.7 Å². The predicted octanol–water partition coefficient (Wildman–Crippen LogP) is 1.90. The van der Waals surface area contributed by atoms with E-state index in [1.807, 2.05) is 10.9 Å². The van der Waals surface area contributed by atoms with Crippen LogP contribution in [0.1, 0.15) is 36.5 Å². The lowest BCUT2D eigenvalue weighted by Gasteiger charge is -2.04. The predicted molar refractivity (Wildman–Crippen MR) is 60.4 cm³/mol. The molecule has 0 saturated carbocycles. The van der Waals surface area contributed by atoms with E-state index in [4.69, 9.17) is 4.74 Å². The fraction of sp³-hybridized carbons (Fsp3) is 0.667. The maximum atomic E-state index is 11.9. The van der Waals surface area contributed by atoms with Crippen LogP contribution in [-0.4, -0.2) is 28.8 Å². The molecule has 0 bridgehead atoms. The third-order valence-electron chi connectivity index (χ3n) is 2.91.